The molecule has 0 aliphatic heterocycles. The fourth-order valence-corrected chi connectivity index (χ4v) is 6.83. The van der Waals surface area contributed by atoms with Crippen LogP contribution in [0.1, 0.15) is 65.7 Å². The molecule has 7 atom stereocenters. The minimum atomic E-state index is -0.485. The van der Waals surface area contributed by atoms with Gasteiger partial charge >= 0.3 is 0 Å². The second kappa shape index (κ2) is 4.69. The molecule has 4 aliphatic carbocycles. The van der Waals surface area contributed by atoms with E-state index in [2.05, 4.69) is 20.8 Å². The third kappa shape index (κ3) is 1.85. The number of fused-ring (bicyclic) bond motifs is 5. The molecule has 0 spiro atoms. The van der Waals surface area contributed by atoms with Crippen molar-refractivity contribution in [3.05, 3.63) is 11.6 Å². The number of aliphatic hydroxyl groups is 1. The molecule has 0 radical (unpaired) electrons. The van der Waals surface area contributed by atoms with Crippen LogP contribution in [-0.4, -0.2) is 16.5 Å². The number of rotatable bonds is 0. The Morgan fingerprint density at radius 3 is 2.73 bits per heavy atom. The van der Waals surface area contributed by atoms with Gasteiger partial charge in [-0.15, -0.1) is 0 Å². The van der Waals surface area contributed by atoms with Crippen molar-refractivity contribution in [2.24, 2.45) is 35.0 Å². The smallest absolute Gasteiger partial charge is 0.155 e. The second-order valence-corrected chi connectivity index (χ2v) is 9.13. The molecule has 0 aromatic rings. The Morgan fingerprint density at radius 2 is 1.95 bits per heavy atom. The van der Waals surface area contributed by atoms with Crippen molar-refractivity contribution >= 4 is 5.78 Å². The molecule has 0 aromatic carbocycles. The zero-order valence-electron chi connectivity index (χ0n) is 14.3. The highest BCUT2D eigenvalue weighted by molar-refractivity contribution is 5.91. The van der Waals surface area contributed by atoms with Crippen LogP contribution in [0.4, 0.5) is 0 Å². The maximum atomic E-state index is 11.8. The Bertz CT molecular complexity index is 532. The summed E-state index contributed by atoms with van der Waals surface area (Å²) in [6.45, 7) is 6.82. The van der Waals surface area contributed by atoms with E-state index in [0.717, 1.165) is 43.9 Å². The topological polar surface area (TPSA) is 37.3 Å². The molecule has 0 saturated heterocycles. The van der Waals surface area contributed by atoms with Gasteiger partial charge in [-0.2, -0.15) is 0 Å². The van der Waals surface area contributed by atoms with Crippen molar-refractivity contribution in [3.8, 4) is 0 Å². The predicted octanol–water partition coefficient (Wildman–Crippen LogP) is 4.13. The molecule has 3 fully saturated rings. The second-order valence-electron chi connectivity index (χ2n) is 9.13. The molecule has 122 valence electrons. The maximum Gasteiger partial charge on any atom is 0.155 e. The Balaban J connectivity index is 1.69. The zero-order valence-corrected chi connectivity index (χ0v) is 14.3. The third-order valence-corrected chi connectivity index (χ3v) is 8.20. The first-order valence-corrected chi connectivity index (χ1v) is 9.29. The first-order valence-electron chi connectivity index (χ1n) is 9.29. The van der Waals surface area contributed by atoms with Crippen molar-refractivity contribution in [3.63, 3.8) is 0 Å². The van der Waals surface area contributed by atoms with Gasteiger partial charge in [0.2, 0.25) is 0 Å². The standard InChI is InChI=1S/C20H30O2/c1-12-10-13-11-14(21)4-5-15(13)16-6-8-19(2)17(18(12)16)7-9-20(19,3)22/h11-12,15-18,22H,4-10H2,1-3H3/t12-,15+,16+,17-,18-,19-,20+/m1/s1. The fraction of sp³-hybridized carbons (Fsp3) is 0.850. The SMILES string of the molecule is C[C@@H]1CC2=CC(=O)CC[C@@H]2[C@@H]2CC[C@]3(C)[C@H](CC[C@]3(C)O)[C@@H]21. The van der Waals surface area contributed by atoms with Gasteiger partial charge in [0.25, 0.3) is 0 Å². The van der Waals surface area contributed by atoms with Crippen LogP contribution in [0.2, 0.25) is 0 Å². The molecule has 4 rings (SSSR count). The van der Waals surface area contributed by atoms with E-state index in [1.54, 1.807) is 0 Å². The number of allylic oxidation sites excluding steroid dienone is 1. The molecular formula is C20H30O2. The van der Waals surface area contributed by atoms with Gasteiger partial charge in [-0.25, -0.2) is 0 Å². The highest BCUT2D eigenvalue weighted by Gasteiger charge is 2.61. The molecule has 22 heavy (non-hydrogen) atoms. The quantitative estimate of drug-likeness (QED) is 0.730. The minimum Gasteiger partial charge on any atom is -0.390 e. The van der Waals surface area contributed by atoms with Crippen molar-refractivity contribution < 1.29 is 9.90 Å². The van der Waals surface area contributed by atoms with Gasteiger partial charge < -0.3 is 5.11 Å². The van der Waals surface area contributed by atoms with E-state index < -0.39 is 5.60 Å². The largest absolute Gasteiger partial charge is 0.390 e. The highest BCUT2D eigenvalue weighted by atomic mass is 16.3. The van der Waals surface area contributed by atoms with Crippen LogP contribution in [0, 0.1) is 35.0 Å². The van der Waals surface area contributed by atoms with E-state index in [1.807, 2.05) is 6.08 Å². The van der Waals surface area contributed by atoms with E-state index >= 15 is 0 Å². The molecule has 0 bridgehead atoms. The molecule has 0 aromatic heterocycles. The Labute approximate surface area is 134 Å². The van der Waals surface area contributed by atoms with Crippen molar-refractivity contribution in [1.29, 1.82) is 0 Å². The van der Waals surface area contributed by atoms with Gasteiger partial charge in [0.15, 0.2) is 5.78 Å². The third-order valence-electron chi connectivity index (χ3n) is 8.20. The summed E-state index contributed by atoms with van der Waals surface area (Å²) < 4.78 is 0. The van der Waals surface area contributed by atoms with Gasteiger partial charge in [0.1, 0.15) is 0 Å². The van der Waals surface area contributed by atoms with Crippen LogP contribution in [0.5, 0.6) is 0 Å². The van der Waals surface area contributed by atoms with E-state index in [9.17, 15) is 9.90 Å². The Hall–Kier alpha value is -0.630. The molecule has 3 saturated carbocycles. The van der Waals surface area contributed by atoms with Crippen LogP contribution in [-0.2, 0) is 4.79 Å². The predicted molar refractivity (Wildman–Crippen MR) is 87.3 cm³/mol. The highest BCUT2D eigenvalue weighted by Crippen LogP contribution is 2.65. The monoisotopic (exact) mass is 302 g/mol. The van der Waals surface area contributed by atoms with Crippen LogP contribution < -0.4 is 0 Å². The van der Waals surface area contributed by atoms with Crippen LogP contribution in [0.3, 0.4) is 0 Å². The van der Waals surface area contributed by atoms with E-state index in [0.29, 0.717) is 23.5 Å². The lowest BCUT2D eigenvalue weighted by Crippen LogP contribution is -2.53. The molecule has 1 N–H and O–H groups in total. The molecule has 0 amide bonds. The number of carbonyl (C=O) groups excluding carboxylic acids is 1. The summed E-state index contributed by atoms with van der Waals surface area (Å²) in [5.74, 6) is 3.86. The first-order chi connectivity index (χ1) is 10.3. The summed E-state index contributed by atoms with van der Waals surface area (Å²) in [7, 11) is 0. The van der Waals surface area contributed by atoms with Crippen LogP contribution in [0.25, 0.3) is 0 Å². The number of hydrogen-bond donors (Lipinski definition) is 1. The summed E-state index contributed by atoms with van der Waals surface area (Å²) in [5.41, 5.74) is 1.08. The normalized spacial score (nSPS) is 54.3. The number of ketones is 1. The summed E-state index contributed by atoms with van der Waals surface area (Å²) in [6.07, 6.45) is 9.51. The number of carbonyl (C=O) groups is 1. The zero-order chi connectivity index (χ0) is 15.7. The minimum absolute atomic E-state index is 0.105. The van der Waals surface area contributed by atoms with E-state index in [-0.39, 0.29) is 5.41 Å². The first kappa shape index (κ1) is 14.9. The lowest BCUT2D eigenvalue weighted by molar-refractivity contribution is -0.121. The Morgan fingerprint density at radius 1 is 1.18 bits per heavy atom. The molecule has 4 aliphatic rings. The van der Waals surface area contributed by atoms with Gasteiger partial charge in [-0.1, -0.05) is 19.4 Å². The fourth-order valence-electron chi connectivity index (χ4n) is 6.83. The van der Waals surface area contributed by atoms with Gasteiger partial charge in [0.05, 0.1) is 5.60 Å². The molecule has 0 unspecified atom stereocenters. The van der Waals surface area contributed by atoms with Crippen molar-refractivity contribution in [2.45, 2.75) is 71.3 Å². The van der Waals surface area contributed by atoms with Crippen LogP contribution in [0.15, 0.2) is 11.6 Å². The van der Waals surface area contributed by atoms with Gasteiger partial charge in [0, 0.05) is 6.42 Å². The summed E-state index contributed by atoms with van der Waals surface area (Å²) in [5, 5.41) is 10.9. The van der Waals surface area contributed by atoms with E-state index in [4.69, 9.17) is 0 Å². The molecule has 2 nitrogen and oxygen atoms in total. The van der Waals surface area contributed by atoms with E-state index in [1.165, 1.54) is 18.4 Å². The lowest BCUT2D eigenvalue weighted by atomic mass is 9.48. The summed E-state index contributed by atoms with van der Waals surface area (Å²) in [6, 6.07) is 0. The van der Waals surface area contributed by atoms with Gasteiger partial charge in [-0.3, -0.25) is 4.79 Å². The van der Waals surface area contributed by atoms with Crippen LogP contribution >= 0.6 is 0 Å². The maximum absolute atomic E-state index is 11.8. The number of hydrogen-bond acceptors (Lipinski definition) is 2. The molecule has 0 heterocycles. The van der Waals surface area contributed by atoms with Crippen molar-refractivity contribution in [1.82, 2.24) is 0 Å². The van der Waals surface area contributed by atoms with Crippen molar-refractivity contribution in [2.75, 3.05) is 0 Å². The Kier molecular flexibility index (Phi) is 3.18. The lowest BCUT2D eigenvalue weighted by Gasteiger charge is -2.57. The average molecular weight is 302 g/mol. The molecule has 2 heteroatoms. The average Bonchev–Trinajstić information content (AvgIpc) is 2.69. The summed E-state index contributed by atoms with van der Waals surface area (Å²) in [4.78, 5) is 11.8. The molecular weight excluding hydrogens is 272 g/mol. The summed E-state index contributed by atoms with van der Waals surface area (Å²) >= 11 is 0. The van der Waals surface area contributed by atoms with Gasteiger partial charge in [-0.05, 0) is 86.5 Å².